The second kappa shape index (κ2) is 7.40. The molecule has 2 heterocycles. The Morgan fingerprint density at radius 3 is 2.52 bits per heavy atom. The molecule has 1 N–H and O–H groups in total. The number of anilines is 1. The third-order valence-corrected chi connectivity index (χ3v) is 5.41. The first-order valence-electron chi connectivity index (χ1n) is 9.17. The predicted octanol–water partition coefficient (Wildman–Crippen LogP) is 2.80. The van der Waals surface area contributed by atoms with E-state index in [1.807, 2.05) is 11.8 Å². The van der Waals surface area contributed by atoms with Crippen LogP contribution in [-0.2, 0) is 15.8 Å². The van der Waals surface area contributed by atoms with E-state index in [4.69, 9.17) is 0 Å². The molecule has 0 bridgehead atoms. The molecule has 5 nitrogen and oxygen atoms in total. The van der Waals surface area contributed by atoms with E-state index in [2.05, 4.69) is 5.32 Å². The lowest BCUT2D eigenvalue weighted by molar-refractivity contribution is -0.137. The van der Waals surface area contributed by atoms with Gasteiger partial charge in [0.2, 0.25) is 11.8 Å². The van der Waals surface area contributed by atoms with Crippen molar-refractivity contribution >= 4 is 17.5 Å². The highest BCUT2D eigenvalue weighted by atomic mass is 19.4. The van der Waals surface area contributed by atoms with Crippen LogP contribution >= 0.6 is 0 Å². The van der Waals surface area contributed by atoms with Crippen LogP contribution in [0.5, 0.6) is 0 Å². The number of benzene rings is 1. The summed E-state index contributed by atoms with van der Waals surface area (Å²) in [6.07, 6.45) is -2.16. The number of rotatable bonds is 4. The van der Waals surface area contributed by atoms with Gasteiger partial charge in [-0.25, -0.2) is 0 Å². The van der Waals surface area contributed by atoms with E-state index < -0.39 is 11.7 Å². The van der Waals surface area contributed by atoms with Crippen LogP contribution in [0.2, 0.25) is 0 Å². The summed E-state index contributed by atoms with van der Waals surface area (Å²) in [5.74, 6) is 0.0562. The Labute approximate surface area is 156 Å². The lowest BCUT2D eigenvalue weighted by atomic mass is 9.94. The lowest BCUT2D eigenvalue weighted by Crippen LogP contribution is -2.49. The molecule has 2 fully saturated rings. The number of amides is 2. The Balaban J connectivity index is 1.51. The van der Waals surface area contributed by atoms with Crippen LogP contribution in [-0.4, -0.2) is 48.4 Å². The minimum Gasteiger partial charge on any atom is -0.368 e. The van der Waals surface area contributed by atoms with Crippen LogP contribution in [0.3, 0.4) is 0 Å². The minimum absolute atomic E-state index is 0.0275. The molecule has 3 rings (SSSR count). The molecule has 2 amide bonds. The topological polar surface area (TPSA) is 52.7 Å². The molecule has 27 heavy (non-hydrogen) atoms. The first kappa shape index (κ1) is 19.5. The average molecular weight is 383 g/mol. The van der Waals surface area contributed by atoms with E-state index >= 15 is 0 Å². The Kier molecular flexibility index (Phi) is 5.35. The van der Waals surface area contributed by atoms with Crippen molar-refractivity contribution in [2.75, 3.05) is 31.1 Å². The summed E-state index contributed by atoms with van der Waals surface area (Å²) in [7, 11) is 0. The number of carbonyl (C=O) groups excluding carboxylic acids is 2. The van der Waals surface area contributed by atoms with Crippen LogP contribution in [0.1, 0.15) is 38.2 Å². The molecule has 2 aliphatic rings. The normalized spacial score (nSPS) is 23.5. The van der Waals surface area contributed by atoms with Crippen molar-refractivity contribution in [1.29, 1.82) is 0 Å². The number of hydrogen-bond donors (Lipinski definition) is 1. The van der Waals surface area contributed by atoms with Gasteiger partial charge in [-0.15, -0.1) is 0 Å². The maximum absolute atomic E-state index is 12.9. The number of nitrogens with zero attached hydrogens (tertiary/aromatic N) is 2. The SMILES string of the molecule is C[C@]1(CCC(=O)N2CCN(c3cccc(C(F)(F)F)c3)CC2)CCC(=O)N1. The van der Waals surface area contributed by atoms with Crippen LogP contribution in [0, 0.1) is 0 Å². The summed E-state index contributed by atoms with van der Waals surface area (Å²) in [5.41, 5.74) is -0.449. The largest absolute Gasteiger partial charge is 0.416 e. The van der Waals surface area contributed by atoms with E-state index in [1.54, 1.807) is 11.0 Å². The quantitative estimate of drug-likeness (QED) is 0.870. The van der Waals surface area contributed by atoms with E-state index in [9.17, 15) is 22.8 Å². The molecule has 0 aromatic heterocycles. The summed E-state index contributed by atoms with van der Waals surface area (Å²) in [4.78, 5) is 27.5. The zero-order valence-corrected chi connectivity index (χ0v) is 15.3. The molecular formula is C19H24F3N3O2. The van der Waals surface area contributed by atoms with E-state index in [1.165, 1.54) is 6.07 Å². The molecule has 0 spiro atoms. The van der Waals surface area contributed by atoms with Gasteiger partial charge in [-0.3, -0.25) is 9.59 Å². The zero-order valence-electron chi connectivity index (χ0n) is 15.3. The number of piperazine rings is 1. The fourth-order valence-electron chi connectivity index (χ4n) is 3.67. The van der Waals surface area contributed by atoms with E-state index in [-0.39, 0.29) is 17.4 Å². The van der Waals surface area contributed by atoms with Crippen molar-refractivity contribution < 1.29 is 22.8 Å². The molecule has 0 radical (unpaired) electrons. The molecule has 0 aliphatic carbocycles. The van der Waals surface area contributed by atoms with Gasteiger partial charge >= 0.3 is 6.18 Å². The van der Waals surface area contributed by atoms with Gasteiger partial charge in [0.1, 0.15) is 0 Å². The van der Waals surface area contributed by atoms with Crippen molar-refractivity contribution in [2.24, 2.45) is 0 Å². The standard InChI is InChI=1S/C19H24F3N3O2/c1-18(7-5-16(26)23-18)8-6-17(27)25-11-9-24(10-12-25)15-4-2-3-14(13-15)19(20,21)22/h2-4,13H,5-12H2,1H3,(H,23,26)/t18-/m1/s1. The third kappa shape index (κ3) is 4.73. The third-order valence-electron chi connectivity index (χ3n) is 5.41. The zero-order chi connectivity index (χ0) is 19.7. The molecule has 1 aromatic rings. The van der Waals surface area contributed by atoms with Crippen LogP contribution in [0.25, 0.3) is 0 Å². The molecule has 1 aromatic carbocycles. The van der Waals surface area contributed by atoms with Crippen LogP contribution < -0.4 is 10.2 Å². The minimum atomic E-state index is -4.36. The van der Waals surface area contributed by atoms with Gasteiger partial charge in [0.25, 0.3) is 0 Å². The van der Waals surface area contributed by atoms with Crippen molar-refractivity contribution in [3.63, 3.8) is 0 Å². The Morgan fingerprint density at radius 2 is 1.93 bits per heavy atom. The number of nitrogens with one attached hydrogen (secondary N) is 1. The second-order valence-electron chi connectivity index (χ2n) is 7.52. The van der Waals surface area contributed by atoms with Crippen molar-refractivity contribution in [2.45, 2.75) is 44.3 Å². The second-order valence-corrected chi connectivity index (χ2v) is 7.52. The summed E-state index contributed by atoms with van der Waals surface area (Å²) in [6, 6.07) is 5.29. The van der Waals surface area contributed by atoms with Gasteiger partial charge in [-0.1, -0.05) is 6.07 Å². The molecule has 148 valence electrons. The highest BCUT2D eigenvalue weighted by Gasteiger charge is 2.34. The van der Waals surface area contributed by atoms with E-state index in [0.717, 1.165) is 18.6 Å². The van der Waals surface area contributed by atoms with Gasteiger partial charge in [0.15, 0.2) is 0 Å². The first-order chi connectivity index (χ1) is 12.7. The molecule has 0 unspecified atom stereocenters. The summed E-state index contributed by atoms with van der Waals surface area (Å²) in [6.45, 7) is 3.93. The maximum atomic E-state index is 12.9. The maximum Gasteiger partial charge on any atom is 0.416 e. The number of alkyl halides is 3. The Bertz CT molecular complexity index is 714. The van der Waals surface area contributed by atoms with E-state index in [0.29, 0.717) is 51.1 Å². The van der Waals surface area contributed by atoms with Crippen LogP contribution in [0.4, 0.5) is 18.9 Å². The fraction of sp³-hybridized carbons (Fsp3) is 0.579. The smallest absolute Gasteiger partial charge is 0.368 e. The molecular weight excluding hydrogens is 359 g/mol. The number of carbonyl (C=O) groups is 2. The van der Waals surface area contributed by atoms with Gasteiger partial charge in [-0.05, 0) is 38.0 Å². The van der Waals surface area contributed by atoms with Gasteiger partial charge in [0, 0.05) is 50.2 Å². The van der Waals surface area contributed by atoms with Crippen molar-refractivity contribution in [3.05, 3.63) is 29.8 Å². The molecule has 2 aliphatic heterocycles. The number of hydrogen-bond acceptors (Lipinski definition) is 3. The molecule has 2 saturated heterocycles. The lowest BCUT2D eigenvalue weighted by Gasteiger charge is -2.37. The molecule has 1 atom stereocenters. The molecule has 8 heteroatoms. The summed E-state index contributed by atoms with van der Waals surface area (Å²) in [5, 5.41) is 2.92. The summed E-state index contributed by atoms with van der Waals surface area (Å²) >= 11 is 0. The Hall–Kier alpha value is -2.25. The van der Waals surface area contributed by atoms with Gasteiger partial charge in [-0.2, -0.15) is 13.2 Å². The van der Waals surface area contributed by atoms with Gasteiger partial charge in [0.05, 0.1) is 5.56 Å². The van der Waals surface area contributed by atoms with Crippen molar-refractivity contribution in [3.8, 4) is 0 Å². The average Bonchev–Trinajstić information content (AvgIpc) is 2.98. The van der Waals surface area contributed by atoms with Crippen molar-refractivity contribution in [1.82, 2.24) is 10.2 Å². The summed E-state index contributed by atoms with van der Waals surface area (Å²) < 4.78 is 38.6. The monoisotopic (exact) mass is 383 g/mol. The van der Waals surface area contributed by atoms with Crippen LogP contribution in [0.15, 0.2) is 24.3 Å². The number of halogens is 3. The fourth-order valence-corrected chi connectivity index (χ4v) is 3.67. The Morgan fingerprint density at radius 1 is 1.22 bits per heavy atom. The van der Waals surface area contributed by atoms with Gasteiger partial charge < -0.3 is 15.1 Å². The molecule has 0 saturated carbocycles. The first-order valence-corrected chi connectivity index (χ1v) is 9.17. The highest BCUT2D eigenvalue weighted by Crippen LogP contribution is 2.32. The predicted molar refractivity (Wildman–Crippen MR) is 95.3 cm³/mol. The highest BCUT2D eigenvalue weighted by molar-refractivity contribution is 5.80.